The van der Waals surface area contributed by atoms with Crippen molar-refractivity contribution < 1.29 is 4.79 Å². The molecule has 0 fully saturated rings. The van der Waals surface area contributed by atoms with E-state index in [9.17, 15) is 4.79 Å². The highest BCUT2D eigenvalue weighted by molar-refractivity contribution is 5.77. The van der Waals surface area contributed by atoms with Crippen LogP contribution < -0.4 is 10.6 Å². The van der Waals surface area contributed by atoms with E-state index >= 15 is 0 Å². The zero-order chi connectivity index (χ0) is 13.5. The van der Waals surface area contributed by atoms with Crippen LogP contribution in [0.3, 0.4) is 0 Å². The summed E-state index contributed by atoms with van der Waals surface area (Å²) in [6, 6.07) is 6.48. The zero-order valence-electron chi connectivity index (χ0n) is 11.8. The Hall–Kier alpha value is -1.35. The smallest absolute Gasteiger partial charge is 0.222 e. The van der Waals surface area contributed by atoms with Crippen LogP contribution in [0.25, 0.3) is 0 Å². The second-order valence-corrected chi connectivity index (χ2v) is 5.05. The van der Waals surface area contributed by atoms with Crippen molar-refractivity contribution in [2.45, 2.75) is 34.2 Å². The molecular formula is C15H24N2O. The summed E-state index contributed by atoms with van der Waals surface area (Å²) < 4.78 is 0. The quantitative estimate of drug-likeness (QED) is 0.758. The lowest BCUT2D eigenvalue weighted by atomic mass is 10.1. The van der Waals surface area contributed by atoms with Gasteiger partial charge in [0.1, 0.15) is 0 Å². The molecule has 1 aromatic carbocycles. The Kier molecular flexibility index (Phi) is 5.86. The molecule has 1 rings (SSSR count). The van der Waals surface area contributed by atoms with E-state index < -0.39 is 0 Å². The predicted molar refractivity (Wildman–Crippen MR) is 75.5 cm³/mol. The normalized spacial score (nSPS) is 10.7. The molecule has 0 aliphatic heterocycles. The van der Waals surface area contributed by atoms with E-state index in [0.29, 0.717) is 6.54 Å². The van der Waals surface area contributed by atoms with E-state index in [1.54, 1.807) is 0 Å². The summed E-state index contributed by atoms with van der Waals surface area (Å²) in [7, 11) is 0. The van der Waals surface area contributed by atoms with Gasteiger partial charge in [-0.2, -0.15) is 0 Å². The van der Waals surface area contributed by atoms with Gasteiger partial charge in [-0.25, -0.2) is 0 Å². The largest absolute Gasteiger partial charge is 0.355 e. The second-order valence-electron chi connectivity index (χ2n) is 5.05. The van der Waals surface area contributed by atoms with Crippen molar-refractivity contribution in [3.05, 3.63) is 34.9 Å². The van der Waals surface area contributed by atoms with Gasteiger partial charge < -0.3 is 10.6 Å². The average Bonchev–Trinajstić information content (AvgIpc) is 2.30. The van der Waals surface area contributed by atoms with Crippen LogP contribution in [0.1, 0.15) is 30.5 Å². The molecule has 0 radical (unpaired) electrons. The van der Waals surface area contributed by atoms with Gasteiger partial charge >= 0.3 is 0 Å². The van der Waals surface area contributed by atoms with Gasteiger partial charge in [-0.1, -0.05) is 37.6 Å². The maximum absolute atomic E-state index is 11.3. The Morgan fingerprint density at radius 2 is 1.94 bits per heavy atom. The van der Waals surface area contributed by atoms with Crippen LogP contribution in [0.15, 0.2) is 18.2 Å². The molecule has 2 N–H and O–H groups in total. The highest BCUT2D eigenvalue weighted by Crippen LogP contribution is 2.09. The molecular weight excluding hydrogens is 224 g/mol. The maximum atomic E-state index is 11.3. The number of amides is 1. The second kappa shape index (κ2) is 7.17. The van der Waals surface area contributed by atoms with E-state index in [0.717, 1.165) is 13.1 Å². The van der Waals surface area contributed by atoms with Crippen LogP contribution in [0.5, 0.6) is 0 Å². The van der Waals surface area contributed by atoms with Gasteiger partial charge in [-0.05, 0) is 25.0 Å². The number of carbonyl (C=O) groups is 1. The predicted octanol–water partition coefficient (Wildman–Crippen LogP) is 2.17. The van der Waals surface area contributed by atoms with Crippen molar-refractivity contribution in [2.75, 3.05) is 13.1 Å². The van der Waals surface area contributed by atoms with E-state index in [1.165, 1.54) is 16.7 Å². The summed E-state index contributed by atoms with van der Waals surface area (Å²) in [6.07, 6.45) is 0. The van der Waals surface area contributed by atoms with Crippen molar-refractivity contribution in [1.29, 1.82) is 0 Å². The molecule has 0 saturated carbocycles. The molecule has 18 heavy (non-hydrogen) atoms. The number of carbonyl (C=O) groups excluding carboxylic acids is 1. The Morgan fingerprint density at radius 3 is 2.56 bits per heavy atom. The van der Waals surface area contributed by atoms with Gasteiger partial charge in [0.25, 0.3) is 0 Å². The average molecular weight is 248 g/mol. The fourth-order valence-corrected chi connectivity index (χ4v) is 1.75. The summed E-state index contributed by atoms with van der Waals surface area (Å²) in [5.74, 6) is 0.174. The van der Waals surface area contributed by atoms with Crippen LogP contribution in [0.2, 0.25) is 0 Å². The number of benzene rings is 1. The fourth-order valence-electron chi connectivity index (χ4n) is 1.75. The topological polar surface area (TPSA) is 41.1 Å². The van der Waals surface area contributed by atoms with Gasteiger partial charge in [0.05, 0.1) is 0 Å². The van der Waals surface area contributed by atoms with Crippen molar-refractivity contribution in [2.24, 2.45) is 5.92 Å². The Labute approximate surface area is 110 Å². The van der Waals surface area contributed by atoms with Crippen LogP contribution in [-0.2, 0) is 11.3 Å². The number of nitrogens with one attached hydrogen (secondary N) is 2. The third-order valence-corrected chi connectivity index (χ3v) is 2.94. The van der Waals surface area contributed by atoms with Crippen LogP contribution in [0.4, 0.5) is 0 Å². The van der Waals surface area contributed by atoms with E-state index in [4.69, 9.17) is 0 Å². The first-order valence-electron chi connectivity index (χ1n) is 6.55. The molecule has 1 amide bonds. The van der Waals surface area contributed by atoms with E-state index in [-0.39, 0.29) is 11.8 Å². The SMILES string of the molecule is Cc1ccc(CNCCNC(=O)C(C)C)c(C)c1. The van der Waals surface area contributed by atoms with Crippen molar-refractivity contribution in [3.8, 4) is 0 Å². The number of rotatable bonds is 6. The number of hydrogen-bond acceptors (Lipinski definition) is 2. The molecule has 3 heteroatoms. The van der Waals surface area contributed by atoms with Crippen LogP contribution in [-0.4, -0.2) is 19.0 Å². The van der Waals surface area contributed by atoms with Gasteiger partial charge in [-0.3, -0.25) is 4.79 Å². The number of hydrogen-bond donors (Lipinski definition) is 2. The van der Waals surface area contributed by atoms with Crippen molar-refractivity contribution >= 4 is 5.91 Å². The van der Waals surface area contributed by atoms with Crippen LogP contribution in [0, 0.1) is 19.8 Å². The Morgan fingerprint density at radius 1 is 1.22 bits per heavy atom. The monoisotopic (exact) mass is 248 g/mol. The van der Waals surface area contributed by atoms with E-state index in [1.807, 2.05) is 13.8 Å². The maximum Gasteiger partial charge on any atom is 0.222 e. The first-order valence-corrected chi connectivity index (χ1v) is 6.55. The molecule has 0 bridgehead atoms. The molecule has 0 spiro atoms. The molecule has 0 aliphatic carbocycles. The molecule has 0 aromatic heterocycles. The fraction of sp³-hybridized carbons (Fsp3) is 0.533. The molecule has 0 atom stereocenters. The van der Waals surface area contributed by atoms with Gasteiger partial charge in [0.2, 0.25) is 5.91 Å². The summed E-state index contributed by atoms with van der Waals surface area (Å²) >= 11 is 0. The lowest BCUT2D eigenvalue weighted by Crippen LogP contribution is -2.34. The van der Waals surface area contributed by atoms with Crippen LogP contribution >= 0.6 is 0 Å². The third-order valence-electron chi connectivity index (χ3n) is 2.94. The minimum Gasteiger partial charge on any atom is -0.355 e. The molecule has 0 aliphatic rings. The summed E-state index contributed by atoms with van der Waals surface area (Å²) in [5, 5.41) is 6.23. The van der Waals surface area contributed by atoms with Gasteiger partial charge in [-0.15, -0.1) is 0 Å². The van der Waals surface area contributed by atoms with Crippen molar-refractivity contribution in [1.82, 2.24) is 10.6 Å². The third kappa shape index (κ3) is 4.88. The summed E-state index contributed by atoms with van der Waals surface area (Å²) in [4.78, 5) is 11.3. The molecule has 3 nitrogen and oxygen atoms in total. The first-order chi connectivity index (χ1) is 8.50. The first kappa shape index (κ1) is 14.7. The summed E-state index contributed by atoms with van der Waals surface area (Å²) in [5.41, 5.74) is 3.92. The zero-order valence-corrected chi connectivity index (χ0v) is 11.8. The lowest BCUT2D eigenvalue weighted by Gasteiger charge is -2.10. The molecule has 100 valence electrons. The highest BCUT2D eigenvalue weighted by Gasteiger charge is 2.04. The molecule has 0 unspecified atom stereocenters. The minimum atomic E-state index is 0.0596. The van der Waals surface area contributed by atoms with E-state index in [2.05, 4.69) is 42.7 Å². The molecule has 0 heterocycles. The van der Waals surface area contributed by atoms with Gasteiger partial charge in [0, 0.05) is 25.6 Å². The Balaban J connectivity index is 2.24. The number of aryl methyl sites for hydroxylation is 2. The highest BCUT2D eigenvalue weighted by atomic mass is 16.1. The summed E-state index contributed by atoms with van der Waals surface area (Å²) in [6.45, 7) is 10.4. The van der Waals surface area contributed by atoms with Gasteiger partial charge in [0.15, 0.2) is 0 Å². The Bertz CT molecular complexity index is 399. The minimum absolute atomic E-state index is 0.0596. The molecule has 1 aromatic rings. The molecule has 0 saturated heterocycles. The lowest BCUT2D eigenvalue weighted by molar-refractivity contribution is -0.123. The standard InChI is InChI=1S/C15H24N2O/c1-11(2)15(18)17-8-7-16-10-14-6-5-12(3)9-13(14)4/h5-6,9,11,16H,7-8,10H2,1-4H3,(H,17,18). The van der Waals surface area contributed by atoms with Crippen molar-refractivity contribution in [3.63, 3.8) is 0 Å².